The minimum absolute atomic E-state index is 0.00236. The maximum Gasteiger partial charge on any atom is 0.257 e. The molecular formula is C25H35N5O7. The van der Waals surface area contributed by atoms with Crippen molar-refractivity contribution in [3.05, 3.63) is 34.9 Å². The number of nitrogens with two attached hydrogens (primary N) is 1. The van der Waals surface area contributed by atoms with Crippen molar-refractivity contribution < 1.29 is 33.9 Å². The molecule has 5 amide bonds. The summed E-state index contributed by atoms with van der Waals surface area (Å²) < 4.78 is 0. The fraction of sp³-hybridized carbons (Fsp3) is 0.560. The molecule has 37 heavy (non-hydrogen) atoms. The molecule has 2 aliphatic heterocycles. The summed E-state index contributed by atoms with van der Waals surface area (Å²) in [6.45, 7) is 0.970. The Kier molecular flexibility index (Phi) is 10.5. The zero-order valence-corrected chi connectivity index (χ0v) is 20.8. The van der Waals surface area contributed by atoms with Crippen LogP contribution < -0.4 is 21.8 Å². The predicted molar refractivity (Wildman–Crippen MR) is 131 cm³/mol. The molecule has 2 atom stereocenters. The van der Waals surface area contributed by atoms with Crippen molar-refractivity contribution in [2.45, 2.75) is 70.1 Å². The van der Waals surface area contributed by atoms with E-state index < -0.39 is 30.0 Å². The predicted octanol–water partition coefficient (Wildman–Crippen LogP) is -0.0557. The van der Waals surface area contributed by atoms with Gasteiger partial charge in [0.1, 0.15) is 12.6 Å². The van der Waals surface area contributed by atoms with E-state index in [4.69, 9.17) is 5.90 Å². The topological polar surface area (TPSA) is 180 Å². The lowest BCUT2D eigenvalue weighted by Gasteiger charge is -2.32. The van der Waals surface area contributed by atoms with Gasteiger partial charge in [-0.05, 0) is 30.9 Å². The third-order valence-corrected chi connectivity index (χ3v) is 6.54. The third kappa shape index (κ3) is 7.57. The van der Waals surface area contributed by atoms with Gasteiger partial charge in [-0.15, -0.1) is 0 Å². The van der Waals surface area contributed by atoms with Gasteiger partial charge in [0.25, 0.3) is 5.91 Å². The second-order valence-electron chi connectivity index (χ2n) is 9.24. The summed E-state index contributed by atoms with van der Waals surface area (Å²) in [5, 5.41) is 18.7. The van der Waals surface area contributed by atoms with Gasteiger partial charge in [-0.3, -0.25) is 39.0 Å². The Morgan fingerprint density at radius 2 is 1.68 bits per heavy atom. The molecule has 0 saturated carbocycles. The number of aliphatic hydroxyl groups excluding tert-OH is 1. The zero-order chi connectivity index (χ0) is 26.8. The second-order valence-corrected chi connectivity index (χ2v) is 9.24. The highest BCUT2D eigenvalue weighted by molar-refractivity contribution is 6.06. The molecule has 1 fully saturated rings. The molecule has 6 N–H and O–H groups in total. The number of carbonyl (C=O) groups excluding carboxylic acids is 5. The van der Waals surface area contributed by atoms with Crippen LogP contribution in [0.25, 0.3) is 0 Å². The molecule has 202 valence electrons. The SMILES string of the molecule is NOCC(=O)NCCCCCCCCNC(=O)Cc1cccc2c1C(O)N(C1CCC(=O)NC1=O)C2=O. The maximum atomic E-state index is 13.0. The van der Waals surface area contributed by atoms with Gasteiger partial charge < -0.3 is 15.7 Å². The number of piperidine rings is 1. The molecule has 1 aromatic rings. The first-order valence-electron chi connectivity index (χ1n) is 12.6. The molecule has 12 heteroatoms. The summed E-state index contributed by atoms with van der Waals surface area (Å²) in [6.07, 6.45) is 4.57. The van der Waals surface area contributed by atoms with Crippen molar-refractivity contribution in [2.24, 2.45) is 5.90 Å². The maximum absolute atomic E-state index is 13.0. The second kappa shape index (κ2) is 13.8. The minimum Gasteiger partial charge on any atom is -0.369 e. The molecule has 2 aliphatic rings. The Bertz CT molecular complexity index is 1020. The first kappa shape index (κ1) is 28.2. The minimum atomic E-state index is -1.36. The van der Waals surface area contributed by atoms with E-state index in [1.54, 1.807) is 18.2 Å². The molecule has 0 aliphatic carbocycles. The summed E-state index contributed by atoms with van der Waals surface area (Å²) in [7, 11) is 0. The van der Waals surface area contributed by atoms with Gasteiger partial charge in [0.05, 0.1) is 6.42 Å². The number of unbranched alkanes of at least 4 members (excludes halogenated alkanes) is 5. The molecule has 0 radical (unpaired) electrons. The van der Waals surface area contributed by atoms with Crippen LogP contribution in [-0.2, 0) is 30.4 Å². The normalized spacial score (nSPS) is 19.0. The van der Waals surface area contributed by atoms with Crippen molar-refractivity contribution >= 4 is 29.5 Å². The third-order valence-electron chi connectivity index (χ3n) is 6.54. The monoisotopic (exact) mass is 517 g/mol. The van der Waals surface area contributed by atoms with Crippen LogP contribution in [0.3, 0.4) is 0 Å². The summed E-state index contributed by atoms with van der Waals surface area (Å²) in [4.78, 5) is 65.8. The lowest BCUT2D eigenvalue weighted by atomic mass is 9.99. The number of carbonyl (C=O) groups is 5. The summed E-state index contributed by atoms with van der Waals surface area (Å²) in [6, 6.07) is 3.96. The molecule has 0 spiro atoms. The van der Waals surface area contributed by atoms with Crippen molar-refractivity contribution in [3.63, 3.8) is 0 Å². The highest BCUT2D eigenvalue weighted by Crippen LogP contribution is 2.37. The van der Waals surface area contributed by atoms with E-state index in [9.17, 15) is 29.1 Å². The number of nitrogens with one attached hydrogen (secondary N) is 3. The van der Waals surface area contributed by atoms with E-state index in [1.165, 1.54) is 0 Å². The molecule has 1 saturated heterocycles. The summed E-state index contributed by atoms with van der Waals surface area (Å²) in [5.41, 5.74) is 1.12. The van der Waals surface area contributed by atoms with E-state index in [0.717, 1.165) is 43.4 Å². The Balaban J connectivity index is 1.39. The molecule has 3 rings (SSSR count). The molecule has 1 aromatic carbocycles. The van der Waals surface area contributed by atoms with E-state index in [1.807, 2.05) is 0 Å². The summed E-state index contributed by atoms with van der Waals surface area (Å²) >= 11 is 0. The van der Waals surface area contributed by atoms with E-state index >= 15 is 0 Å². The lowest BCUT2D eigenvalue weighted by Crippen LogP contribution is -2.53. The van der Waals surface area contributed by atoms with Gasteiger partial charge in [0.15, 0.2) is 6.23 Å². The Hall–Kier alpha value is -3.35. The number of amides is 5. The number of nitrogens with zero attached hydrogens (tertiary/aromatic N) is 1. The van der Waals surface area contributed by atoms with Crippen molar-refractivity contribution in [1.82, 2.24) is 20.9 Å². The molecule has 12 nitrogen and oxygen atoms in total. The van der Waals surface area contributed by atoms with Crippen LogP contribution in [0.2, 0.25) is 0 Å². The number of rotatable bonds is 14. The van der Waals surface area contributed by atoms with Gasteiger partial charge in [0, 0.05) is 30.6 Å². The average Bonchev–Trinajstić information content (AvgIpc) is 3.11. The lowest BCUT2D eigenvalue weighted by molar-refractivity contribution is -0.139. The quantitative estimate of drug-likeness (QED) is 0.129. The van der Waals surface area contributed by atoms with E-state index in [0.29, 0.717) is 24.2 Å². The molecule has 0 aromatic heterocycles. The number of benzene rings is 1. The largest absolute Gasteiger partial charge is 0.369 e. The molecular weight excluding hydrogens is 482 g/mol. The highest BCUT2D eigenvalue weighted by Gasteiger charge is 2.45. The highest BCUT2D eigenvalue weighted by atomic mass is 16.6. The smallest absolute Gasteiger partial charge is 0.257 e. The molecule has 2 heterocycles. The zero-order valence-electron chi connectivity index (χ0n) is 20.8. The number of hydrogen-bond donors (Lipinski definition) is 5. The average molecular weight is 518 g/mol. The first-order valence-corrected chi connectivity index (χ1v) is 12.6. The first-order chi connectivity index (χ1) is 17.8. The van der Waals surface area contributed by atoms with Crippen LogP contribution in [0, 0.1) is 0 Å². The van der Waals surface area contributed by atoms with Gasteiger partial charge in [-0.1, -0.05) is 37.8 Å². The van der Waals surface area contributed by atoms with Gasteiger partial charge >= 0.3 is 0 Å². The van der Waals surface area contributed by atoms with Gasteiger partial charge in [-0.2, -0.15) is 0 Å². The van der Waals surface area contributed by atoms with Crippen LogP contribution in [0.15, 0.2) is 18.2 Å². The fourth-order valence-electron chi connectivity index (χ4n) is 4.68. The van der Waals surface area contributed by atoms with Crippen molar-refractivity contribution in [2.75, 3.05) is 19.7 Å². The van der Waals surface area contributed by atoms with Crippen molar-refractivity contribution in [3.8, 4) is 0 Å². The Morgan fingerprint density at radius 1 is 1.03 bits per heavy atom. The molecule has 2 unspecified atom stereocenters. The van der Waals surface area contributed by atoms with Crippen LogP contribution in [0.4, 0.5) is 0 Å². The number of fused-ring (bicyclic) bond motifs is 1. The van der Waals surface area contributed by atoms with E-state index in [2.05, 4.69) is 20.8 Å². The number of aliphatic hydroxyl groups is 1. The van der Waals surface area contributed by atoms with Crippen LogP contribution >= 0.6 is 0 Å². The Labute approximate surface area is 215 Å². The van der Waals surface area contributed by atoms with E-state index in [-0.39, 0.29) is 43.2 Å². The van der Waals surface area contributed by atoms with Crippen LogP contribution in [0.5, 0.6) is 0 Å². The standard InChI is InChI=1S/C25H35N5O7/c26-37-15-21(33)28-13-6-4-2-1-3-5-12-27-20(32)14-16-8-7-9-17-22(16)25(36)30(24(17)35)18-10-11-19(31)29-23(18)34/h7-9,18,25,36H,1-6,10-15,26H2,(H,27,32)(H,28,33)(H,29,31,34). The number of imide groups is 1. The van der Waals surface area contributed by atoms with Gasteiger partial charge in [0.2, 0.25) is 23.6 Å². The number of hydrogen-bond acceptors (Lipinski definition) is 8. The fourth-order valence-corrected chi connectivity index (χ4v) is 4.68. The van der Waals surface area contributed by atoms with Gasteiger partial charge in [-0.25, -0.2) is 5.90 Å². The van der Waals surface area contributed by atoms with Crippen LogP contribution in [-0.4, -0.2) is 65.3 Å². The Morgan fingerprint density at radius 3 is 2.32 bits per heavy atom. The summed E-state index contributed by atoms with van der Waals surface area (Å²) in [5.74, 6) is 2.88. The molecule has 0 bridgehead atoms. The van der Waals surface area contributed by atoms with Crippen molar-refractivity contribution in [1.29, 1.82) is 0 Å². The van der Waals surface area contributed by atoms with Crippen LogP contribution in [0.1, 0.15) is 79.1 Å².